The number of nitrogens with one attached hydrogen (secondary N) is 2. The normalized spacial score (nSPS) is 10.2. The molecular formula is C14H11Cl2FN2O. The SMILES string of the molecule is Cc1c(F)cccc1NC(=O)Nc1cccc(Cl)c1Cl. The molecule has 20 heavy (non-hydrogen) atoms. The summed E-state index contributed by atoms with van der Waals surface area (Å²) in [5.41, 5.74) is 1.13. The number of hydrogen-bond acceptors (Lipinski definition) is 1. The van der Waals surface area contributed by atoms with Crippen molar-refractivity contribution in [1.29, 1.82) is 0 Å². The van der Waals surface area contributed by atoms with E-state index in [1.54, 1.807) is 31.2 Å². The molecule has 0 fully saturated rings. The molecule has 0 aliphatic heterocycles. The van der Waals surface area contributed by atoms with Crippen LogP contribution < -0.4 is 10.6 Å². The van der Waals surface area contributed by atoms with Gasteiger partial charge in [-0.05, 0) is 31.2 Å². The van der Waals surface area contributed by atoms with E-state index in [2.05, 4.69) is 10.6 Å². The largest absolute Gasteiger partial charge is 0.323 e. The quantitative estimate of drug-likeness (QED) is 0.797. The van der Waals surface area contributed by atoms with Gasteiger partial charge in [0.05, 0.1) is 15.7 Å². The minimum Gasteiger partial charge on any atom is -0.307 e. The van der Waals surface area contributed by atoms with Crippen molar-refractivity contribution in [3.8, 4) is 0 Å². The number of hydrogen-bond donors (Lipinski definition) is 2. The minimum absolute atomic E-state index is 0.250. The summed E-state index contributed by atoms with van der Waals surface area (Å²) in [5, 5.41) is 5.70. The van der Waals surface area contributed by atoms with Crippen LogP contribution in [0.2, 0.25) is 10.0 Å². The van der Waals surface area contributed by atoms with Gasteiger partial charge in [-0.1, -0.05) is 35.3 Å². The Hall–Kier alpha value is -1.78. The number of amides is 2. The number of benzene rings is 2. The van der Waals surface area contributed by atoms with Crippen molar-refractivity contribution in [3.05, 3.63) is 57.8 Å². The predicted octanol–water partition coefficient (Wildman–Crippen LogP) is 5.08. The first kappa shape index (κ1) is 14.6. The van der Waals surface area contributed by atoms with Crippen LogP contribution in [-0.4, -0.2) is 6.03 Å². The molecule has 3 nitrogen and oxygen atoms in total. The van der Waals surface area contributed by atoms with Crippen molar-refractivity contribution >= 4 is 40.6 Å². The third-order valence-electron chi connectivity index (χ3n) is 2.72. The van der Waals surface area contributed by atoms with E-state index in [0.717, 1.165) is 0 Å². The maximum Gasteiger partial charge on any atom is 0.323 e. The van der Waals surface area contributed by atoms with Crippen molar-refractivity contribution in [3.63, 3.8) is 0 Å². The lowest BCUT2D eigenvalue weighted by molar-refractivity contribution is 0.262. The standard InChI is InChI=1S/C14H11Cl2FN2O/c1-8-10(17)5-3-6-11(8)18-14(20)19-12-7-2-4-9(15)13(12)16/h2-7H,1H3,(H2,18,19,20). The van der Waals surface area contributed by atoms with Crippen molar-refractivity contribution < 1.29 is 9.18 Å². The molecule has 0 radical (unpaired) electrons. The lowest BCUT2D eigenvalue weighted by atomic mass is 10.2. The summed E-state index contributed by atoms with van der Waals surface area (Å²) in [5.74, 6) is -0.386. The first-order valence-corrected chi connectivity index (χ1v) is 6.52. The molecule has 2 aromatic rings. The maximum absolute atomic E-state index is 13.4. The fourth-order valence-electron chi connectivity index (χ4n) is 1.62. The highest BCUT2D eigenvalue weighted by molar-refractivity contribution is 6.44. The van der Waals surface area contributed by atoms with E-state index in [1.165, 1.54) is 12.1 Å². The average molecular weight is 313 g/mol. The summed E-state index contributed by atoms with van der Waals surface area (Å²) in [6.45, 7) is 1.58. The number of carbonyl (C=O) groups is 1. The van der Waals surface area contributed by atoms with Crippen LogP contribution in [0.25, 0.3) is 0 Å². The Bertz CT molecular complexity index is 606. The second kappa shape index (κ2) is 6.11. The number of carbonyl (C=O) groups excluding carboxylic acids is 1. The Labute approximate surface area is 125 Å². The fourth-order valence-corrected chi connectivity index (χ4v) is 1.97. The zero-order chi connectivity index (χ0) is 14.7. The molecule has 0 aromatic heterocycles. The van der Waals surface area contributed by atoms with E-state index in [9.17, 15) is 9.18 Å². The van der Waals surface area contributed by atoms with Gasteiger partial charge in [0.15, 0.2) is 0 Å². The first-order valence-electron chi connectivity index (χ1n) is 5.76. The lowest BCUT2D eigenvalue weighted by Crippen LogP contribution is -2.20. The van der Waals surface area contributed by atoms with Gasteiger partial charge < -0.3 is 10.6 Å². The van der Waals surface area contributed by atoms with Crippen LogP contribution in [0.1, 0.15) is 5.56 Å². The Balaban J connectivity index is 2.13. The van der Waals surface area contributed by atoms with Gasteiger partial charge in [-0.3, -0.25) is 0 Å². The molecule has 2 rings (SSSR count). The fraction of sp³-hybridized carbons (Fsp3) is 0.0714. The summed E-state index contributed by atoms with van der Waals surface area (Å²) in [4.78, 5) is 11.9. The zero-order valence-corrected chi connectivity index (χ0v) is 12.0. The molecule has 0 aliphatic rings. The van der Waals surface area contributed by atoms with Gasteiger partial charge in [-0.15, -0.1) is 0 Å². The third-order valence-corrected chi connectivity index (χ3v) is 3.53. The van der Waals surface area contributed by atoms with Crippen molar-refractivity contribution in [1.82, 2.24) is 0 Å². The molecule has 0 aliphatic carbocycles. The van der Waals surface area contributed by atoms with E-state index in [0.29, 0.717) is 22.0 Å². The van der Waals surface area contributed by atoms with Gasteiger partial charge in [0.25, 0.3) is 0 Å². The van der Waals surface area contributed by atoms with Crippen LogP contribution in [0.4, 0.5) is 20.6 Å². The molecule has 0 saturated heterocycles. The Morgan fingerprint density at radius 2 is 1.65 bits per heavy atom. The van der Waals surface area contributed by atoms with Crippen LogP contribution in [-0.2, 0) is 0 Å². The summed E-state index contributed by atoms with van der Waals surface area (Å²) in [6, 6.07) is 8.82. The molecule has 2 aromatic carbocycles. The van der Waals surface area contributed by atoms with E-state index < -0.39 is 6.03 Å². The van der Waals surface area contributed by atoms with Gasteiger partial charge in [0, 0.05) is 11.3 Å². The first-order chi connectivity index (χ1) is 9.49. The second-order valence-electron chi connectivity index (χ2n) is 4.09. The molecule has 2 N–H and O–H groups in total. The molecule has 0 atom stereocenters. The molecule has 104 valence electrons. The number of anilines is 2. The Kier molecular flexibility index (Phi) is 4.47. The van der Waals surface area contributed by atoms with Gasteiger partial charge in [0.1, 0.15) is 5.82 Å². The van der Waals surface area contributed by atoms with Gasteiger partial charge in [-0.2, -0.15) is 0 Å². The minimum atomic E-state index is -0.525. The van der Waals surface area contributed by atoms with Crippen LogP contribution >= 0.6 is 23.2 Å². The highest BCUT2D eigenvalue weighted by Gasteiger charge is 2.10. The highest BCUT2D eigenvalue weighted by Crippen LogP contribution is 2.29. The Morgan fingerprint density at radius 1 is 1.05 bits per heavy atom. The zero-order valence-electron chi connectivity index (χ0n) is 10.5. The van der Waals surface area contributed by atoms with Gasteiger partial charge >= 0.3 is 6.03 Å². The molecule has 0 spiro atoms. The number of urea groups is 1. The van der Waals surface area contributed by atoms with E-state index in [4.69, 9.17) is 23.2 Å². The van der Waals surface area contributed by atoms with E-state index >= 15 is 0 Å². The van der Waals surface area contributed by atoms with Crippen molar-refractivity contribution in [2.45, 2.75) is 6.92 Å². The molecule has 0 bridgehead atoms. The second-order valence-corrected chi connectivity index (χ2v) is 4.88. The molecule has 0 unspecified atom stereocenters. The maximum atomic E-state index is 13.4. The monoisotopic (exact) mass is 312 g/mol. The molecule has 2 amide bonds. The number of rotatable bonds is 2. The van der Waals surface area contributed by atoms with Crippen LogP contribution in [0.15, 0.2) is 36.4 Å². The molecule has 6 heteroatoms. The Morgan fingerprint density at radius 3 is 2.40 bits per heavy atom. The van der Waals surface area contributed by atoms with E-state index in [1.807, 2.05) is 0 Å². The van der Waals surface area contributed by atoms with Crippen molar-refractivity contribution in [2.24, 2.45) is 0 Å². The lowest BCUT2D eigenvalue weighted by Gasteiger charge is -2.11. The van der Waals surface area contributed by atoms with Crippen molar-refractivity contribution in [2.75, 3.05) is 10.6 Å². The highest BCUT2D eigenvalue weighted by atomic mass is 35.5. The molecule has 0 saturated carbocycles. The van der Waals surface area contributed by atoms with E-state index in [-0.39, 0.29) is 10.8 Å². The molecule has 0 heterocycles. The summed E-state index contributed by atoms with van der Waals surface area (Å²) < 4.78 is 13.4. The van der Waals surface area contributed by atoms with Crippen LogP contribution in [0, 0.1) is 12.7 Å². The van der Waals surface area contributed by atoms with Crippen LogP contribution in [0.5, 0.6) is 0 Å². The van der Waals surface area contributed by atoms with Gasteiger partial charge in [-0.25, -0.2) is 9.18 Å². The summed E-state index contributed by atoms with van der Waals surface area (Å²) in [7, 11) is 0. The average Bonchev–Trinajstić information content (AvgIpc) is 2.40. The third kappa shape index (κ3) is 3.21. The predicted molar refractivity (Wildman–Crippen MR) is 80.2 cm³/mol. The summed E-state index contributed by atoms with van der Waals surface area (Å²) >= 11 is 11.8. The summed E-state index contributed by atoms with van der Waals surface area (Å²) in [6.07, 6.45) is 0. The van der Waals surface area contributed by atoms with Crippen LogP contribution in [0.3, 0.4) is 0 Å². The smallest absolute Gasteiger partial charge is 0.307 e. The molecular weight excluding hydrogens is 302 g/mol. The van der Waals surface area contributed by atoms with Gasteiger partial charge in [0.2, 0.25) is 0 Å². The topological polar surface area (TPSA) is 41.1 Å². The number of halogens is 3.